The molecule has 0 spiro atoms. The molecule has 1 amide bonds. The van der Waals surface area contributed by atoms with Crippen LogP contribution in [0.2, 0.25) is 5.02 Å². The fourth-order valence-electron chi connectivity index (χ4n) is 4.98. The van der Waals surface area contributed by atoms with Crippen LogP contribution < -0.4 is 0 Å². The molecule has 2 aliphatic rings. The van der Waals surface area contributed by atoms with E-state index in [-0.39, 0.29) is 11.8 Å². The Bertz CT molecular complexity index is 1310. The van der Waals surface area contributed by atoms with Gasteiger partial charge in [-0.3, -0.25) is 4.79 Å². The topological polar surface area (TPSA) is 75.0 Å². The van der Waals surface area contributed by atoms with Crippen LogP contribution in [0.15, 0.2) is 47.6 Å². The summed E-state index contributed by atoms with van der Waals surface area (Å²) in [6.07, 6.45) is 7.10. The molecule has 0 unspecified atom stereocenters. The smallest absolute Gasteiger partial charge is 0.257 e. The maximum absolute atomic E-state index is 13.2. The number of hydrogen-bond acceptors (Lipinski definition) is 4. The summed E-state index contributed by atoms with van der Waals surface area (Å²) >= 11 is 6.00. The van der Waals surface area contributed by atoms with E-state index in [0.717, 1.165) is 49.9 Å². The van der Waals surface area contributed by atoms with Gasteiger partial charge in [-0.15, -0.1) is 0 Å². The van der Waals surface area contributed by atoms with E-state index in [9.17, 15) is 13.2 Å². The molecule has 7 nitrogen and oxygen atoms in total. The zero-order chi connectivity index (χ0) is 23.2. The van der Waals surface area contributed by atoms with E-state index in [1.807, 2.05) is 17.2 Å². The van der Waals surface area contributed by atoms with Crippen LogP contribution in [0.5, 0.6) is 0 Å². The molecular weight excluding hydrogens is 460 g/mol. The second kappa shape index (κ2) is 8.74. The van der Waals surface area contributed by atoms with E-state index in [1.165, 1.54) is 0 Å². The Morgan fingerprint density at radius 3 is 2.48 bits per heavy atom. The predicted octanol–water partition coefficient (Wildman–Crippen LogP) is 4.10. The maximum atomic E-state index is 13.2. The number of amides is 1. The van der Waals surface area contributed by atoms with Crippen LogP contribution in [-0.4, -0.2) is 59.3 Å². The van der Waals surface area contributed by atoms with Crippen molar-refractivity contribution in [2.45, 2.75) is 43.4 Å². The van der Waals surface area contributed by atoms with Crippen molar-refractivity contribution < 1.29 is 13.2 Å². The molecule has 9 heteroatoms. The van der Waals surface area contributed by atoms with Gasteiger partial charge in [-0.25, -0.2) is 12.9 Å². The Kier molecular flexibility index (Phi) is 5.93. The summed E-state index contributed by atoms with van der Waals surface area (Å²) in [5, 5.41) is 4.89. The van der Waals surface area contributed by atoms with Crippen molar-refractivity contribution in [2.75, 3.05) is 26.2 Å². The lowest BCUT2D eigenvalue weighted by molar-refractivity contribution is 0.0794. The van der Waals surface area contributed by atoms with E-state index in [4.69, 9.17) is 11.6 Å². The van der Waals surface area contributed by atoms with E-state index in [1.54, 1.807) is 40.1 Å². The van der Waals surface area contributed by atoms with E-state index >= 15 is 0 Å². The molecule has 0 radical (unpaired) electrons. The summed E-state index contributed by atoms with van der Waals surface area (Å²) in [4.78, 5) is 15.1. The molecule has 33 heavy (non-hydrogen) atoms. The predicted molar refractivity (Wildman–Crippen MR) is 127 cm³/mol. The van der Waals surface area contributed by atoms with Gasteiger partial charge in [0.25, 0.3) is 5.91 Å². The Balaban J connectivity index is 1.34. The molecule has 0 bridgehead atoms. The van der Waals surface area contributed by atoms with Crippen LogP contribution in [-0.2, 0) is 10.0 Å². The molecule has 174 valence electrons. The highest BCUT2D eigenvalue weighted by molar-refractivity contribution is 7.89. The average Bonchev–Trinajstić information content (AvgIpc) is 3.48. The average molecular weight is 487 g/mol. The van der Waals surface area contributed by atoms with E-state index in [0.29, 0.717) is 34.1 Å². The quantitative estimate of drug-likeness (QED) is 0.556. The van der Waals surface area contributed by atoms with Crippen molar-refractivity contribution in [1.29, 1.82) is 0 Å². The number of pyridine rings is 1. The number of nitrogens with zero attached hydrogens (tertiary/aromatic N) is 4. The Morgan fingerprint density at radius 2 is 1.79 bits per heavy atom. The first kappa shape index (κ1) is 22.4. The van der Waals surface area contributed by atoms with Crippen LogP contribution in [0.1, 0.15) is 53.1 Å². The van der Waals surface area contributed by atoms with Crippen LogP contribution in [0, 0.1) is 6.92 Å². The number of fused-ring (bicyclic) bond motifs is 1. The van der Waals surface area contributed by atoms with Gasteiger partial charge in [-0.05, 0) is 80.0 Å². The van der Waals surface area contributed by atoms with Crippen molar-refractivity contribution in [1.82, 2.24) is 18.8 Å². The summed E-state index contributed by atoms with van der Waals surface area (Å²) in [5.74, 6) is 0.274. The molecule has 0 atom stereocenters. The largest absolute Gasteiger partial charge is 0.339 e. The number of hydrogen-bond donors (Lipinski definition) is 0. The molecule has 1 aromatic carbocycles. The summed E-state index contributed by atoms with van der Waals surface area (Å²) in [5.41, 5.74) is 3.23. The number of likely N-dealkylation sites (tertiary alicyclic amines) is 1. The van der Waals surface area contributed by atoms with Crippen LogP contribution in [0.4, 0.5) is 0 Å². The number of carbonyl (C=O) groups excluding carboxylic acids is 1. The molecule has 2 aromatic heterocycles. The second-order valence-corrected chi connectivity index (χ2v) is 11.3. The first-order chi connectivity index (χ1) is 15.8. The molecular formula is C24H27ClN4O3S. The first-order valence-electron chi connectivity index (χ1n) is 11.4. The lowest BCUT2D eigenvalue weighted by atomic mass is 9.90. The minimum absolute atomic E-state index is 0.0406. The lowest BCUT2D eigenvalue weighted by Gasteiger charge is -2.32. The molecule has 3 aromatic rings. The number of piperidine rings is 1. The number of sulfonamides is 1. The summed E-state index contributed by atoms with van der Waals surface area (Å²) in [6.45, 7) is 4.29. The fraction of sp³-hybridized carbons (Fsp3) is 0.417. The minimum atomic E-state index is -3.56. The molecule has 0 saturated carbocycles. The Hall–Kier alpha value is -2.42. The normalized spacial score (nSPS) is 18.3. The van der Waals surface area contributed by atoms with Gasteiger partial charge in [0.05, 0.1) is 22.2 Å². The molecule has 4 heterocycles. The number of aryl methyl sites for hydroxylation is 1. The van der Waals surface area contributed by atoms with E-state index < -0.39 is 10.0 Å². The fourth-order valence-corrected chi connectivity index (χ4v) is 6.88. The lowest BCUT2D eigenvalue weighted by Crippen LogP contribution is -2.38. The minimum Gasteiger partial charge on any atom is -0.339 e. The number of carbonyl (C=O) groups is 1. The zero-order valence-corrected chi connectivity index (χ0v) is 20.1. The summed E-state index contributed by atoms with van der Waals surface area (Å²) in [7, 11) is -3.56. The van der Waals surface area contributed by atoms with Gasteiger partial charge in [-0.1, -0.05) is 11.6 Å². The van der Waals surface area contributed by atoms with Crippen molar-refractivity contribution in [3.63, 3.8) is 0 Å². The zero-order valence-electron chi connectivity index (χ0n) is 18.6. The highest BCUT2D eigenvalue weighted by Crippen LogP contribution is 2.33. The van der Waals surface area contributed by atoms with Crippen molar-refractivity contribution in [2.24, 2.45) is 0 Å². The van der Waals surface area contributed by atoms with Gasteiger partial charge in [-0.2, -0.15) is 9.40 Å². The molecule has 0 N–H and O–H groups in total. The first-order valence-corrected chi connectivity index (χ1v) is 13.2. The Morgan fingerprint density at radius 1 is 1.06 bits per heavy atom. The number of benzene rings is 1. The van der Waals surface area contributed by atoms with Gasteiger partial charge in [0.15, 0.2) is 0 Å². The SMILES string of the molecule is Cc1cc(Cl)ccc1S(=O)(=O)N1CCC(c2ccn3ncc(C(=O)N4CCCC4)c3c2)CC1. The van der Waals surface area contributed by atoms with Gasteiger partial charge in [0.1, 0.15) is 0 Å². The van der Waals surface area contributed by atoms with Gasteiger partial charge in [0, 0.05) is 37.4 Å². The molecule has 2 fully saturated rings. The van der Waals surface area contributed by atoms with Gasteiger partial charge >= 0.3 is 0 Å². The van der Waals surface area contributed by atoms with Crippen molar-refractivity contribution in [3.8, 4) is 0 Å². The van der Waals surface area contributed by atoms with Gasteiger partial charge < -0.3 is 4.90 Å². The number of halogens is 1. The highest BCUT2D eigenvalue weighted by atomic mass is 35.5. The van der Waals surface area contributed by atoms with Crippen LogP contribution in [0.25, 0.3) is 5.52 Å². The molecule has 0 aliphatic carbocycles. The third-order valence-electron chi connectivity index (χ3n) is 6.85. The standard InChI is InChI=1S/C24H27ClN4O3S/c1-17-14-20(25)4-5-23(17)33(31,32)28-11-6-18(7-12-28)19-8-13-29-22(15-19)21(16-26-29)24(30)27-9-2-3-10-27/h4-5,8,13-16,18H,2-3,6-7,9-12H2,1H3. The van der Waals surface area contributed by atoms with Crippen molar-refractivity contribution >= 4 is 33.0 Å². The molecule has 2 aliphatic heterocycles. The third-order valence-corrected chi connectivity index (χ3v) is 9.14. The Labute approximate surface area is 199 Å². The molecule has 5 rings (SSSR count). The number of aromatic nitrogens is 2. The van der Waals surface area contributed by atoms with Crippen LogP contribution in [0.3, 0.4) is 0 Å². The van der Waals surface area contributed by atoms with Gasteiger partial charge in [0.2, 0.25) is 10.0 Å². The van der Waals surface area contributed by atoms with Crippen molar-refractivity contribution in [3.05, 3.63) is 64.4 Å². The summed E-state index contributed by atoms with van der Waals surface area (Å²) < 4.78 is 29.7. The number of rotatable bonds is 4. The van der Waals surface area contributed by atoms with Crippen LogP contribution >= 0.6 is 11.6 Å². The van der Waals surface area contributed by atoms with E-state index in [2.05, 4.69) is 11.2 Å². The highest BCUT2D eigenvalue weighted by Gasteiger charge is 2.31. The second-order valence-electron chi connectivity index (χ2n) is 8.94. The molecule has 2 saturated heterocycles. The monoisotopic (exact) mass is 486 g/mol. The summed E-state index contributed by atoms with van der Waals surface area (Å²) in [6, 6.07) is 8.97. The maximum Gasteiger partial charge on any atom is 0.257 e. The third kappa shape index (κ3) is 4.16.